The van der Waals surface area contributed by atoms with Crippen molar-refractivity contribution >= 4 is 46.9 Å². The molecular weight excluding hydrogens is 546 g/mol. The molecule has 0 aromatic heterocycles. The number of benzene rings is 3. The van der Waals surface area contributed by atoms with Gasteiger partial charge in [0.05, 0.1) is 5.69 Å². The third-order valence-corrected chi connectivity index (χ3v) is 6.01. The number of aliphatic carboxylic acids is 2. The normalized spacial score (nSPS) is 15.7. The van der Waals surface area contributed by atoms with Crippen LogP contribution < -0.4 is 26.4 Å². The SMILES string of the molecule is CC(=O)O.CC1(C(=O)NC(Cc2ccccc2)C(=O)O)Oc2cc(NC(=O)c3ccc(C(=N)N)cc3)ccc2NC1=O. The molecule has 0 bridgehead atoms. The van der Waals surface area contributed by atoms with Gasteiger partial charge in [0.15, 0.2) is 0 Å². The van der Waals surface area contributed by atoms with E-state index >= 15 is 0 Å². The van der Waals surface area contributed by atoms with E-state index in [0.29, 0.717) is 22.4 Å². The number of carbonyl (C=O) groups excluding carboxylic acids is 3. The van der Waals surface area contributed by atoms with E-state index in [-0.39, 0.29) is 23.7 Å². The number of hydrogen-bond acceptors (Lipinski definition) is 7. The van der Waals surface area contributed by atoms with Crippen molar-refractivity contribution in [1.82, 2.24) is 5.32 Å². The summed E-state index contributed by atoms with van der Waals surface area (Å²) in [7, 11) is 0. The van der Waals surface area contributed by atoms with Gasteiger partial charge in [0.1, 0.15) is 17.6 Å². The number of amides is 3. The fourth-order valence-corrected chi connectivity index (χ4v) is 3.80. The van der Waals surface area contributed by atoms with Gasteiger partial charge in [-0.05, 0) is 36.8 Å². The molecule has 3 amide bonds. The number of nitrogen functional groups attached to an aromatic ring is 1. The number of amidine groups is 1. The van der Waals surface area contributed by atoms with Gasteiger partial charge in [0, 0.05) is 36.2 Å². The summed E-state index contributed by atoms with van der Waals surface area (Å²) in [5.41, 5.74) is 5.48. The van der Waals surface area contributed by atoms with Gasteiger partial charge in [0.2, 0.25) is 0 Å². The summed E-state index contributed by atoms with van der Waals surface area (Å²) < 4.78 is 5.79. The number of anilines is 2. The van der Waals surface area contributed by atoms with Gasteiger partial charge in [-0.25, -0.2) is 4.79 Å². The molecule has 0 spiro atoms. The zero-order valence-electron chi connectivity index (χ0n) is 22.6. The summed E-state index contributed by atoms with van der Waals surface area (Å²) in [4.78, 5) is 59.4. The number of nitrogens with one attached hydrogen (secondary N) is 4. The highest BCUT2D eigenvalue weighted by Gasteiger charge is 2.48. The number of carboxylic acids is 2. The molecule has 2 unspecified atom stereocenters. The first-order chi connectivity index (χ1) is 19.8. The molecule has 13 heteroatoms. The summed E-state index contributed by atoms with van der Waals surface area (Å²) in [6, 6.07) is 18.1. The van der Waals surface area contributed by atoms with Gasteiger partial charge >= 0.3 is 5.97 Å². The summed E-state index contributed by atoms with van der Waals surface area (Å²) in [5, 5.41) is 32.2. The van der Waals surface area contributed by atoms with Gasteiger partial charge in [0.25, 0.3) is 29.3 Å². The van der Waals surface area contributed by atoms with Crippen LogP contribution in [0.25, 0.3) is 0 Å². The van der Waals surface area contributed by atoms with Crippen LogP contribution in [0.4, 0.5) is 11.4 Å². The van der Waals surface area contributed by atoms with Crippen molar-refractivity contribution in [3.05, 3.63) is 89.5 Å². The molecule has 0 fully saturated rings. The highest BCUT2D eigenvalue weighted by molar-refractivity contribution is 6.16. The number of hydrogen-bond donors (Lipinski definition) is 7. The van der Waals surface area contributed by atoms with E-state index in [0.717, 1.165) is 6.92 Å². The third-order valence-electron chi connectivity index (χ3n) is 6.01. The van der Waals surface area contributed by atoms with E-state index in [2.05, 4.69) is 16.0 Å². The summed E-state index contributed by atoms with van der Waals surface area (Å²) >= 11 is 0. The Hall–Kier alpha value is -5.72. The first kappa shape index (κ1) is 30.8. The third kappa shape index (κ3) is 7.69. The van der Waals surface area contributed by atoms with Crippen LogP contribution in [0.1, 0.15) is 35.3 Å². The highest BCUT2D eigenvalue weighted by Crippen LogP contribution is 2.36. The molecule has 0 saturated heterocycles. The Morgan fingerprint density at radius 2 is 1.60 bits per heavy atom. The lowest BCUT2D eigenvalue weighted by Crippen LogP contribution is -2.61. The minimum atomic E-state index is -2.07. The quantitative estimate of drug-likeness (QED) is 0.119. The van der Waals surface area contributed by atoms with Crippen LogP contribution >= 0.6 is 0 Å². The van der Waals surface area contributed by atoms with E-state index < -0.39 is 41.3 Å². The van der Waals surface area contributed by atoms with Gasteiger partial charge in [-0.15, -0.1) is 0 Å². The maximum Gasteiger partial charge on any atom is 0.326 e. The van der Waals surface area contributed by atoms with Crippen molar-refractivity contribution in [1.29, 1.82) is 5.41 Å². The van der Waals surface area contributed by atoms with Crippen molar-refractivity contribution < 1.29 is 38.9 Å². The molecular formula is C29H29N5O8. The van der Waals surface area contributed by atoms with E-state index in [9.17, 15) is 24.3 Å². The van der Waals surface area contributed by atoms with Crippen molar-refractivity contribution in [2.24, 2.45) is 5.73 Å². The second-order valence-electron chi connectivity index (χ2n) is 9.32. The minimum absolute atomic E-state index is 0.0137. The second-order valence-corrected chi connectivity index (χ2v) is 9.32. The fraction of sp³-hybridized carbons (Fsp3) is 0.172. The number of nitrogens with two attached hydrogens (primary N) is 1. The van der Waals surface area contributed by atoms with Crippen LogP contribution in [-0.2, 0) is 25.6 Å². The molecule has 2 atom stereocenters. The van der Waals surface area contributed by atoms with Crippen LogP contribution in [-0.4, -0.2) is 57.4 Å². The Bertz CT molecular complexity index is 1520. The van der Waals surface area contributed by atoms with E-state index in [1.807, 2.05) is 0 Å². The molecule has 13 nitrogen and oxygen atoms in total. The Labute approximate surface area is 240 Å². The fourth-order valence-electron chi connectivity index (χ4n) is 3.80. The summed E-state index contributed by atoms with van der Waals surface area (Å²) in [6.07, 6.45) is 0.0137. The summed E-state index contributed by atoms with van der Waals surface area (Å²) in [6.45, 7) is 2.32. The second kappa shape index (κ2) is 13.1. The van der Waals surface area contributed by atoms with E-state index in [4.69, 9.17) is 25.8 Å². The molecule has 8 N–H and O–H groups in total. The molecule has 0 saturated carbocycles. The molecule has 1 aliphatic rings. The monoisotopic (exact) mass is 575 g/mol. The first-order valence-electron chi connectivity index (χ1n) is 12.5. The number of carbonyl (C=O) groups is 5. The first-order valence-corrected chi connectivity index (χ1v) is 12.5. The maximum atomic E-state index is 13.1. The van der Waals surface area contributed by atoms with Gasteiger partial charge in [-0.2, -0.15) is 0 Å². The minimum Gasteiger partial charge on any atom is -0.481 e. The Morgan fingerprint density at radius 3 is 2.17 bits per heavy atom. The lowest BCUT2D eigenvalue weighted by atomic mass is 9.99. The molecule has 1 aliphatic heterocycles. The van der Waals surface area contributed by atoms with Gasteiger partial charge in [-0.1, -0.05) is 42.5 Å². The van der Waals surface area contributed by atoms with Gasteiger partial charge < -0.3 is 36.6 Å². The molecule has 3 aromatic carbocycles. The predicted molar refractivity (Wildman–Crippen MR) is 153 cm³/mol. The van der Waals surface area contributed by atoms with Crippen LogP contribution in [0.15, 0.2) is 72.8 Å². The van der Waals surface area contributed by atoms with Crippen LogP contribution in [0.3, 0.4) is 0 Å². The highest BCUT2D eigenvalue weighted by atomic mass is 16.5. The number of rotatable bonds is 8. The molecule has 42 heavy (non-hydrogen) atoms. The van der Waals surface area contributed by atoms with E-state index in [1.54, 1.807) is 48.5 Å². The van der Waals surface area contributed by atoms with E-state index in [1.165, 1.54) is 31.2 Å². The Balaban J connectivity index is 0.00000114. The number of carboxylic acid groups (broad SMARTS) is 2. The molecule has 0 aliphatic carbocycles. The molecule has 3 aromatic rings. The van der Waals surface area contributed by atoms with Crippen LogP contribution in [0.5, 0.6) is 5.75 Å². The Morgan fingerprint density at radius 1 is 1.00 bits per heavy atom. The van der Waals surface area contributed by atoms with Crippen molar-refractivity contribution in [2.45, 2.75) is 31.9 Å². The summed E-state index contributed by atoms with van der Waals surface area (Å²) in [5.74, 6) is -4.23. The largest absolute Gasteiger partial charge is 0.481 e. The van der Waals surface area contributed by atoms with Crippen LogP contribution in [0.2, 0.25) is 0 Å². The zero-order chi connectivity index (χ0) is 31.0. The topological polar surface area (TPSA) is 221 Å². The molecule has 218 valence electrons. The number of ether oxygens (including phenoxy) is 1. The van der Waals surface area contributed by atoms with Crippen molar-refractivity contribution in [3.8, 4) is 5.75 Å². The predicted octanol–water partition coefficient (Wildman–Crippen LogP) is 2.22. The standard InChI is InChI=1S/C27H25N5O6.C2H4O2/c1-27(26(37)32-20(24(34)35)13-15-5-3-2-4-6-15)25(36)31-19-12-11-18(14-21(19)38-27)30-23(33)17-9-7-16(8-10-17)22(28)29;1-2(3)4/h2-12,14,20H,13H2,1H3,(H3,28,29)(H,30,33)(H,31,36)(H,32,37)(H,34,35);1H3,(H,3,4). The maximum absolute atomic E-state index is 13.1. The average Bonchev–Trinajstić information content (AvgIpc) is 2.93. The molecule has 4 rings (SSSR count). The smallest absolute Gasteiger partial charge is 0.326 e. The molecule has 1 heterocycles. The van der Waals surface area contributed by atoms with Crippen molar-refractivity contribution in [3.63, 3.8) is 0 Å². The van der Waals surface area contributed by atoms with Gasteiger partial charge in [-0.3, -0.25) is 24.6 Å². The Kier molecular flexibility index (Phi) is 9.60. The molecule has 0 radical (unpaired) electrons. The number of fused-ring (bicyclic) bond motifs is 1. The van der Waals surface area contributed by atoms with Crippen molar-refractivity contribution in [2.75, 3.05) is 10.6 Å². The average molecular weight is 576 g/mol. The van der Waals surface area contributed by atoms with Crippen LogP contribution in [0, 0.1) is 5.41 Å². The lowest BCUT2D eigenvalue weighted by molar-refractivity contribution is -0.151. The lowest BCUT2D eigenvalue weighted by Gasteiger charge is -2.34. The zero-order valence-corrected chi connectivity index (χ0v) is 22.6.